The standard InChI is InChI=1S/C18H20O3/c1-13(2)15-5-4-6-17(10-15)21-12-16-9-14(11-19)7-8-18(16)20-3/h4-11,13H,12H2,1-3H3. The van der Waals surface area contributed by atoms with Crippen LogP contribution in [0.25, 0.3) is 0 Å². The van der Waals surface area contributed by atoms with Crippen LogP contribution in [0.1, 0.15) is 41.3 Å². The van der Waals surface area contributed by atoms with Crippen LogP contribution in [0.3, 0.4) is 0 Å². The van der Waals surface area contributed by atoms with Crippen molar-refractivity contribution in [2.45, 2.75) is 26.4 Å². The Hall–Kier alpha value is -2.29. The Morgan fingerprint density at radius 3 is 2.62 bits per heavy atom. The van der Waals surface area contributed by atoms with Crippen LogP contribution in [0.15, 0.2) is 42.5 Å². The molecule has 0 saturated carbocycles. The quantitative estimate of drug-likeness (QED) is 0.745. The highest BCUT2D eigenvalue weighted by Crippen LogP contribution is 2.24. The first-order valence-corrected chi connectivity index (χ1v) is 6.99. The van der Waals surface area contributed by atoms with Crippen molar-refractivity contribution < 1.29 is 14.3 Å². The smallest absolute Gasteiger partial charge is 0.150 e. The van der Waals surface area contributed by atoms with Gasteiger partial charge in [0.25, 0.3) is 0 Å². The summed E-state index contributed by atoms with van der Waals surface area (Å²) in [4.78, 5) is 10.9. The molecule has 0 bridgehead atoms. The van der Waals surface area contributed by atoms with Gasteiger partial charge in [-0.2, -0.15) is 0 Å². The minimum atomic E-state index is 0.367. The maximum Gasteiger partial charge on any atom is 0.150 e. The second-order valence-electron chi connectivity index (χ2n) is 5.21. The Labute approximate surface area is 125 Å². The third kappa shape index (κ3) is 3.85. The van der Waals surface area contributed by atoms with Crippen LogP contribution < -0.4 is 9.47 Å². The van der Waals surface area contributed by atoms with E-state index in [4.69, 9.17) is 9.47 Å². The summed E-state index contributed by atoms with van der Waals surface area (Å²) >= 11 is 0. The second kappa shape index (κ2) is 6.93. The van der Waals surface area contributed by atoms with Crippen molar-refractivity contribution in [3.8, 4) is 11.5 Å². The van der Waals surface area contributed by atoms with Crippen molar-refractivity contribution in [3.05, 3.63) is 59.2 Å². The van der Waals surface area contributed by atoms with E-state index in [1.807, 2.05) is 18.2 Å². The van der Waals surface area contributed by atoms with Gasteiger partial charge in [0.2, 0.25) is 0 Å². The number of hydrogen-bond donors (Lipinski definition) is 0. The van der Waals surface area contributed by atoms with Crippen molar-refractivity contribution >= 4 is 6.29 Å². The third-order valence-corrected chi connectivity index (χ3v) is 3.36. The molecule has 0 unspecified atom stereocenters. The van der Waals surface area contributed by atoms with Crippen LogP contribution in [0.5, 0.6) is 11.5 Å². The minimum Gasteiger partial charge on any atom is -0.496 e. The topological polar surface area (TPSA) is 35.5 Å². The summed E-state index contributed by atoms with van der Waals surface area (Å²) in [6.45, 7) is 4.66. The number of carbonyl (C=O) groups is 1. The van der Waals surface area contributed by atoms with Crippen LogP contribution >= 0.6 is 0 Å². The van der Waals surface area contributed by atoms with E-state index in [9.17, 15) is 4.79 Å². The van der Waals surface area contributed by atoms with Crippen LogP contribution in [0, 0.1) is 0 Å². The van der Waals surface area contributed by atoms with Gasteiger partial charge in [0, 0.05) is 11.1 Å². The van der Waals surface area contributed by atoms with Gasteiger partial charge in [-0.15, -0.1) is 0 Å². The molecule has 2 aromatic rings. The lowest BCUT2D eigenvalue weighted by Gasteiger charge is -2.12. The zero-order chi connectivity index (χ0) is 15.2. The summed E-state index contributed by atoms with van der Waals surface area (Å²) in [5, 5.41) is 0. The van der Waals surface area contributed by atoms with Crippen LogP contribution in [0.4, 0.5) is 0 Å². The predicted molar refractivity (Wildman–Crippen MR) is 83.2 cm³/mol. The fourth-order valence-corrected chi connectivity index (χ4v) is 2.11. The van der Waals surface area contributed by atoms with Gasteiger partial charge in [-0.3, -0.25) is 4.79 Å². The van der Waals surface area contributed by atoms with E-state index in [0.717, 1.165) is 23.3 Å². The first-order valence-electron chi connectivity index (χ1n) is 6.99. The van der Waals surface area contributed by atoms with E-state index in [0.29, 0.717) is 18.1 Å². The summed E-state index contributed by atoms with van der Waals surface area (Å²) in [5.41, 5.74) is 2.71. The number of hydrogen-bond acceptors (Lipinski definition) is 3. The van der Waals surface area contributed by atoms with Crippen molar-refractivity contribution in [2.75, 3.05) is 7.11 Å². The molecule has 0 spiro atoms. The zero-order valence-corrected chi connectivity index (χ0v) is 12.6. The lowest BCUT2D eigenvalue weighted by atomic mass is 10.0. The first kappa shape index (κ1) is 15.1. The molecule has 0 aliphatic carbocycles. The van der Waals surface area contributed by atoms with Crippen molar-refractivity contribution in [2.24, 2.45) is 0 Å². The molecule has 0 fully saturated rings. The molecule has 3 nitrogen and oxygen atoms in total. The molecule has 0 amide bonds. The molecule has 0 aliphatic rings. The number of ether oxygens (including phenoxy) is 2. The molecule has 0 atom stereocenters. The molecule has 2 aromatic carbocycles. The van der Waals surface area contributed by atoms with Crippen molar-refractivity contribution in [3.63, 3.8) is 0 Å². The molecule has 110 valence electrons. The summed E-state index contributed by atoms with van der Waals surface area (Å²) in [6, 6.07) is 13.4. The minimum absolute atomic E-state index is 0.367. The van der Waals surface area contributed by atoms with E-state index in [2.05, 4.69) is 19.9 Å². The van der Waals surface area contributed by atoms with E-state index >= 15 is 0 Å². The largest absolute Gasteiger partial charge is 0.496 e. The Kier molecular flexibility index (Phi) is 4.99. The molecule has 3 heteroatoms. The molecule has 0 aliphatic heterocycles. The third-order valence-electron chi connectivity index (χ3n) is 3.36. The van der Waals surface area contributed by atoms with Gasteiger partial charge in [0.1, 0.15) is 24.4 Å². The number of rotatable bonds is 6. The van der Waals surface area contributed by atoms with Gasteiger partial charge in [0.15, 0.2) is 0 Å². The number of benzene rings is 2. The SMILES string of the molecule is COc1ccc(C=O)cc1COc1cccc(C(C)C)c1. The fraction of sp³-hybridized carbons (Fsp3) is 0.278. The molecule has 0 heterocycles. The van der Waals surface area contributed by atoms with Crippen molar-refractivity contribution in [1.29, 1.82) is 0 Å². The van der Waals surface area contributed by atoms with E-state index < -0.39 is 0 Å². The van der Waals surface area contributed by atoms with E-state index in [-0.39, 0.29) is 0 Å². The maximum atomic E-state index is 10.9. The molecule has 0 aromatic heterocycles. The average molecular weight is 284 g/mol. The average Bonchev–Trinajstić information content (AvgIpc) is 2.52. The monoisotopic (exact) mass is 284 g/mol. The van der Waals surface area contributed by atoms with Crippen molar-refractivity contribution in [1.82, 2.24) is 0 Å². The van der Waals surface area contributed by atoms with Gasteiger partial charge in [-0.1, -0.05) is 26.0 Å². The van der Waals surface area contributed by atoms with Gasteiger partial charge in [-0.05, 0) is 41.8 Å². The Morgan fingerprint density at radius 1 is 1.14 bits per heavy atom. The first-order chi connectivity index (χ1) is 10.1. The highest BCUT2D eigenvalue weighted by atomic mass is 16.5. The summed E-state index contributed by atoms with van der Waals surface area (Å²) in [5.74, 6) is 2.00. The lowest BCUT2D eigenvalue weighted by Crippen LogP contribution is -2.00. The van der Waals surface area contributed by atoms with Crippen LogP contribution in [0.2, 0.25) is 0 Å². The van der Waals surface area contributed by atoms with Gasteiger partial charge < -0.3 is 9.47 Å². The molecule has 0 saturated heterocycles. The summed E-state index contributed by atoms with van der Waals surface area (Å²) < 4.78 is 11.1. The lowest BCUT2D eigenvalue weighted by molar-refractivity contribution is 0.112. The van der Waals surface area contributed by atoms with Crippen LogP contribution in [-0.2, 0) is 6.61 Å². The molecular weight excluding hydrogens is 264 g/mol. The Balaban J connectivity index is 2.15. The molecule has 21 heavy (non-hydrogen) atoms. The van der Waals surface area contributed by atoms with E-state index in [1.165, 1.54) is 5.56 Å². The molecule has 2 rings (SSSR count). The number of methoxy groups -OCH3 is 1. The summed E-state index contributed by atoms with van der Waals surface area (Å²) in [7, 11) is 1.61. The summed E-state index contributed by atoms with van der Waals surface area (Å²) in [6.07, 6.45) is 0.822. The Morgan fingerprint density at radius 2 is 1.95 bits per heavy atom. The second-order valence-corrected chi connectivity index (χ2v) is 5.21. The fourth-order valence-electron chi connectivity index (χ4n) is 2.11. The van der Waals surface area contributed by atoms with Gasteiger partial charge >= 0.3 is 0 Å². The molecular formula is C18H20O3. The highest BCUT2D eigenvalue weighted by molar-refractivity contribution is 5.75. The maximum absolute atomic E-state index is 10.9. The van der Waals surface area contributed by atoms with E-state index in [1.54, 1.807) is 25.3 Å². The van der Waals surface area contributed by atoms with Crippen LogP contribution in [-0.4, -0.2) is 13.4 Å². The normalized spacial score (nSPS) is 10.5. The van der Waals surface area contributed by atoms with Gasteiger partial charge in [0.05, 0.1) is 7.11 Å². The Bertz CT molecular complexity index is 618. The van der Waals surface area contributed by atoms with Gasteiger partial charge in [-0.25, -0.2) is 0 Å². The predicted octanol–water partition coefficient (Wildman–Crippen LogP) is 4.21. The number of carbonyl (C=O) groups excluding carboxylic acids is 1. The molecule has 0 N–H and O–H groups in total. The molecule has 0 radical (unpaired) electrons. The number of aldehydes is 1. The highest BCUT2D eigenvalue weighted by Gasteiger charge is 2.06. The zero-order valence-electron chi connectivity index (χ0n) is 12.6.